The molecular weight excluding hydrogens is 518 g/mol. The maximum absolute atomic E-state index is 13.3. The number of hydrogen-bond donors (Lipinski definition) is 0. The molecule has 3 rings (SSSR count). The Morgan fingerprint density at radius 3 is 2.62 bits per heavy atom. The van der Waals surface area contributed by atoms with E-state index in [9.17, 15) is 4.79 Å². The van der Waals surface area contributed by atoms with E-state index in [1.807, 2.05) is 25.1 Å². The molecule has 0 saturated carbocycles. The summed E-state index contributed by atoms with van der Waals surface area (Å²) >= 11 is 9.99. The minimum Gasteiger partial charge on any atom is -0.490 e. The van der Waals surface area contributed by atoms with Gasteiger partial charge in [0.2, 0.25) is 0 Å². The SMILES string of the molecule is CCCCc1nc2ccc(Br)cc2c(=O)n1N=Cc1cc(Cl)c(OCC(C)(C)C)c(OCC)c1. The standard InChI is InChI=1S/C26H31BrClN3O3/c1-6-8-9-23-30-21-11-10-18(27)14-19(21)25(32)31(23)29-15-17-12-20(28)24(22(13-17)33-7-2)34-16-26(3,4)5/h10-15H,6-9,16H2,1-5H3. The quantitative estimate of drug-likeness (QED) is 0.274. The second-order valence-corrected chi connectivity index (χ2v) is 10.6. The first-order chi connectivity index (χ1) is 16.1. The van der Waals surface area contributed by atoms with Crippen molar-refractivity contribution >= 4 is 44.6 Å². The molecule has 0 aliphatic rings. The molecule has 0 N–H and O–H groups in total. The Balaban J connectivity index is 2.04. The number of benzene rings is 2. The van der Waals surface area contributed by atoms with Crippen LogP contribution >= 0.6 is 27.5 Å². The zero-order chi connectivity index (χ0) is 24.9. The second-order valence-electron chi connectivity index (χ2n) is 9.27. The van der Waals surface area contributed by atoms with Crippen molar-refractivity contribution in [1.82, 2.24) is 9.66 Å². The topological polar surface area (TPSA) is 65.7 Å². The molecule has 0 spiro atoms. The van der Waals surface area contributed by atoms with E-state index in [1.54, 1.807) is 18.3 Å². The summed E-state index contributed by atoms with van der Waals surface area (Å²) in [4.78, 5) is 18.0. The van der Waals surface area contributed by atoms with Crippen LogP contribution in [-0.4, -0.2) is 29.1 Å². The summed E-state index contributed by atoms with van der Waals surface area (Å²) in [6.07, 6.45) is 4.15. The highest BCUT2D eigenvalue weighted by molar-refractivity contribution is 9.10. The van der Waals surface area contributed by atoms with E-state index in [-0.39, 0.29) is 11.0 Å². The molecule has 2 aromatic carbocycles. The Morgan fingerprint density at radius 2 is 1.94 bits per heavy atom. The first-order valence-electron chi connectivity index (χ1n) is 11.5. The number of aromatic nitrogens is 2. The summed E-state index contributed by atoms with van der Waals surface area (Å²) < 4.78 is 14.0. The van der Waals surface area contributed by atoms with Gasteiger partial charge in [0.1, 0.15) is 5.82 Å². The molecule has 3 aromatic rings. The lowest BCUT2D eigenvalue weighted by molar-refractivity contribution is 0.189. The monoisotopic (exact) mass is 547 g/mol. The maximum Gasteiger partial charge on any atom is 0.282 e. The van der Waals surface area contributed by atoms with Crippen LogP contribution in [0.2, 0.25) is 5.02 Å². The van der Waals surface area contributed by atoms with Crippen LogP contribution in [0.15, 0.2) is 44.7 Å². The van der Waals surface area contributed by atoms with Crippen molar-refractivity contribution in [3.05, 3.63) is 61.6 Å². The van der Waals surface area contributed by atoms with Gasteiger partial charge in [-0.25, -0.2) is 4.98 Å². The molecule has 182 valence electrons. The predicted octanol–water partition coefficient (Wildman–Crippen LogP) is 6.86. The summed E-state index contributed by atoms with van der Waals surface area (Å²) in [5.41, 5.74) is 1.11. The van der Waals surface area contributed by atoms with Crippen LogP contribution < -0.4 is 15.0 Å². The molecule has 34 heavy (non-hydrogen) atoms. The van der Waals surface area contributed by atoms with Crippen molar-refractivity contribution in [3.63, 3.8) is 0 Å². The number of unbranched alkanes of at least 4 members (excludes halogenated alkanes) is 1. The van der Waals surface area contributed by atoms with Gasteiger partial charge in [0.15, 0.2) is 11.5 Å². The van der Waals surface area contributed by atoms with Gasteiger partial charge in [-0.05, 0) is 54.7 Å². The molecule has 0 unspecified atom stereocenters. The highest BCUT2D eigenvalue weighted by atomic mass is 79.9. The smallest absolute Gasteiger partial charge is 0.282 e. The van der Waals surface area contributed by atoms with Crippen LogP contribution in [0, 0.1) is 5.41 Å². The molecular formula is C26H31BrClN3O3. The summed E-state index contributed by atoms with van der Waals surface area (Å²) in [7, 11) is 0. The third-order valence-corrected chi connectivity index (χ3v) is 5.71. The van der Waals surface area contributed by atoms with Crippen molar-refractivity contribution in [2.75, 3.05) is 13.2 Å². The number of ether oxygens (including phenoxy) is 2. The average Bonchev–Trinajstić information content (AvgIpc) is 2.76. The summed E-state index contributed by atoms with van der Waals surface area (Å²) in [5, 5.41) is 5.44. The van der Waals surface area contributed by atoms with Gasteiger partial charge in [0, 0.05) is 10.9 Å². The lowest BCUT2D eigenvalue weighted by Crippen LogP contribution is -2.22. The Kier molecular flexibility index (Phi) is 8.77. The van der Waals surface area contributed by atoms with E-state index >= 15 is 0 Å². The average molecular weight is 549 g/mol. The molecule has 1 aromatic heterocycles. The molecule has 0 atom stereocenters. The van der Waals surface area contributed by atoms with Gasteiger partial charge in [-0.1, -0.05) is 61.6 Å². The zero-order valence-corrected chi connectivity index (χ0v) is 22.7. The first-order valence-corrected chi connectivity index (χ1v) is 12.6. The molecule has 0 saturated heterocycles. The Hall–Kier alpha value is -2.38. The van der Waals surface area contributed by atoms with Crippen LogP contribution in [0.5, 0.6) is 11.5 Å². The molecule has 1 heterocycles. The first kappa shape index (κ1) is 26.2. The van der Waals surface area contributed by atoms with Crippen molar-refractivity contribution in [2.45, 2.75) is 53.9 Å². The third kappa shape index (κ3) is 6.60. The Labute approximate surface area is 214 Å². The van der Waals surface area contributed by atoms with Crippen molar-refractivity contribution in [3.8, 4) is 11.5 Å². The van der Waals surface area contributed by atoms with Gasteiger partial charge in [-0.3, -0.25) is 4.79 Å². The molecule has 0 fully saturated rings. The normalized spacial score (nSPS) is 12.0. The van der Waals surface area contributed by atoms with Crippen LogP contribution in [0.25, 0.3) is 10.9 Å². The highest BCUT2D eigenvalue weighted by Crippen LogP contribution is 2.37. The third-order valence-electron chi connectivity index (χ3n) is 4.93. The Morgan fingerprint density at radius 1 is 1.18 bits per heavy atom. The number of rotatable bonds is 9. The van der Waals surface area contributed by atoms with E-state index in [4.69, 9.17) is 26.1 Å². The second kappa shape index (κ2) is 11.4. The molecule has 8 heteroatoms. The van der Waals surface area contributed by atoms with E-state index in [1.165, 1.54) is 4.68 Å². The number of nitrogens with zero attached hydrogens (tertiary/aromatic N) is 3. The van der Waals surface area contributed by atoms with Crippen LogP contribution in [0.4, 0.5) is 0 Å². The van der Waals surface area contributed by atoms with E-state index in [0.717, 1.165) is 17.3 Å². The number of aryl methyl sites for hydroxylation is 1. The van der Waals surface area contributed by atoms with Gasteiger partial charge in [-0.2, -0.15) is 9.78 Å². The molecule has 0 aliphatic heterocycles. The fourth-order valence-corrected chi connectivity index (χ4v) is 3.92. The van der Waals surface area contributed by atoms with Gasteiger partial charge in [0.05, 0.1) is 35.4 Å². The lowest BCUT2D eigenvalue weighted by atomic mass is 9.99. The van der Waals surface area contributed by atoms with Gasteiger partial charge in [-0.15, -0.1) is 0 Å². The largest absolute Gasteiger partial charge is 0.490 e. The molecule has 0 radical (unpaired) electrons. The van der Waals surface area contributed by atoms with Gasteiger partial charge >= 0.3 is 0 Å². The summed E-state index contributed by atoms with van der Waals surface area (Å²) in [6.45, 7) is 11.2. The number of halogens is 2. The minimum atomic E-state index is -0.213. The lowest BCUT2D eigenvalue weighted by Gasteiger charge is -2.21. The molecule has 0 bridgehead atoms. The van der Waals surface area contributed by atoms with Crippen molar-refractivity contribution < 1.29 is 9.47 Å². The number of fused-ring (bicyclic) bond motifs is 1. The number of hydrogen-bond acceptors (Lipinski definition) is 5. The van der Waals surface area contributed by atoms with Gasteiger partial charge in [0.25, 0.3) is 5.56 Å². The van der Waals surface area contributed by atoms with E-state index in [2.05, 4.69) is 48.7 Å². The highest BCUT2D eigenvalue weighted by Gasteiger charge is 2.17. The fraction of sp³-hybridized carbons (Fsp3) is 0.423. The van der Waals surface area contributed by atoms with Crippen molar-refractivity contribution in [2.24, 2.45) is 10.5 Å². The summed E-state index contributed by atoms with van der Waals surface area (Å²) in [6, 6.07) is 9.07. The minimum absolute atomic E-state index is 0.0267. The zero-order valence-electron chi connectivity index (χ0n) is 20.3. The summed E-state index contributed by atoms with van der Waals surface area (Å²) in [5.74, 6) is 1.67. The van der Waals surface area contributed by atoms with E-state index < -0.39 is 0 Å². The Bertz CT molecular complexity index is 1250. The van der Waals surface area contributed by atoms with Crippen molar-refractivity contribution in [1.29, 1.82) is 0 Å². The van der Waals surface area contributed by atoms with Gasteiger partial charge < -0.3 is 9.47 Å². The van der Waals surface area contributed by atoms with E-state index in [0.29, 0.717) is 58.4 Å². The molecule has 6 nitrogen and oxygen atoms in total. The van der Waals surface area contributed by atoms with Crippen LogP contribution in [0.3, 0.4) is 0 Å². The maximum atomic E-state index is 13.3. The van der Waals surface area contributed by atoms with Crippen LogP contribution in [0.1, 0.15) is 58.8 Å². The van der Waals surface area contributed by atoms with Crippen LogP contribution in [-0.2, 0) is 6.42 Å². The fourth-order valence-electron chi connectivity index (χ4n) is 3.29. The molecule has 0 aliphatic carbocycles. The molecule has 0 amide bonds. The predicted molar refractivity (Wildman–Crippen MR) is 143 cm³/mol.